The van der Waals surface area contributed by atoms with Gasteiger partial charge in [-0.15, -0.1) is 0 Å². The van der Waals surface area contributed by atoms with Crippen molar-refractivity contribution in [2.45, 2.75) is 0 Å². The van der Waals surface area contributed by atoms with Crippen molar-refractivity contribution in [2.24, 2.45) is 0 Å². The third kappa shape index (κ3) is 38.8. The molecule has 0 bridgehead atoms. The third-order valence-electron chi connectivity index (χ3n) is 11.4. The summed E-state index contributed by atoms with van der Waals surface area (Å²) in [6.07, 6.45) is 0. The van der Waals surface area contributed by atoms with Gasteiger partial charge in [0.1, 0.15) is 11.5 Å². The first-order valence-corrected chi connectivity index (χ1v) is 89.0. The Bertz CT molecular complexity index is 3230. The summed E-state index contributed by atoms with van der Waals surface area (Å²) >= 11 is -17.3. The molecular formula is C60H46Cl24O2Sb4. The fourth-order valence-corrected chi connectivity index (χ4v) is 8.39. The topological polar surface area (TPSA) is 18.5 Å². The summed E-state index contributed by atoms with van der Waals surface area (Å²) in [7, 11) is 104. The first-order valence-electron chi connectivity index (χ1n) is 24.4. The van der Waals surface area contributed by atoms with Gasteiger partial charge in [0.15, 0.2) is 0 Å². The van der Waals surface area contributed by atoms with Gasteiger partial charge in [-0.25, -0.2) is 0 Å². The predicted octanol–water partition coefficient (Wildman–Crippen LogP) is 14.1. The van der Waals surface area contributed by atoms with Gasteiger partial charge in [0, 0.05) is 84.9 Å². The summed E-state index contributed by atoms with van der Waals surface area (Å²) in [6, 6.07) is 86.3. The van der Waals surface area contributed by atoms with Gasteiger partial charge in [-0.05, 0) is 133 Å². The minimum atomic E-state index is -4.33. The number of ether oxygens (including phenoxy) is 2. The first-order chi connectivity index (χ1) is 39.6. The van der Waals surface area contributed by atoms with E-state index >= 15 is 0 Å². The van der Waals surface area contributed by atoms with Crippen LogP contribution in [0.4, 0.5) is 0 Å². The van der Waals surface area contributed by atoms with Crippen LogP contribution in [-0.2, 0) is 0 Å². The van der Waals surface area contributed by atoms with E-state index in [-0.39, 0.29) is 49.6 Å². The molecule has 9 rings (SSSR count). The van der Waals surface area contributed by atoms with Crippen molar-refractivity contribution in [1.29, 1.82) is 0 Å². The fourth-order valence-electron chi connectivity index (χ4n) is 8.39. The molecule has 0 spiro atoms. The zero-order chi connectivity index (χ0) is 63.9. The van der Waals surface area contributed by atoms with Crippen molar-refractivity contribution in [3.8, 4) is 11.5 Å². The maximum atomic E-state index is 5.66. The number of halogens is 24. The summed E-state index contributed by atoms with van der Waals surface area (Å²) in [4.78, 5) is 0. The van der Waals surface area contributed by atoms with Crippen molar-refractivity contribution in [1.82, 2.24) is 0 Å². The van der Waals surface area contributed by atoms with E-state index in [4.69, 9.17) is 186 Å². The second kappa shape index (κ2) is 38.9. The fraction of sp³-hybridized carbons (Fsp3) is 0.0333. The van der Waals surface area contributed by atoms with E-state index in [1.807, 2.05) is 12.1 Å². The molecule has 0 radical (unpaired) electrons. The molecule has 486 valence electrons. The summed E-state index contributed by atoms with van der Waals surface area (Å²) in [6.45, 7) is 0. The van der Waals surface area contributed by atoms with Crippen LogP contribution in [0, 0.1) is 23.7 Å². The average molecular weight is 2140 g/mol. The molecule has 0 saturated heterocycles. The minimum absolute atomic E-state index is 0. The van der Waals surface area contributed by atoms with Crippen LogP contribution in [0.2, 0.25) is 0 Å². The molecule has 0 fully saturated rings. The van der Waals surface area contributed by atoms with Gasteiger partial charge in [-0.3, -0.25) is 0 Å². The van der Waals surface area contributed by atoms with Crippen LogP contribution in [0.1, 0.15) is 66.8 Å². The molecule has 0 unspecified atom stereocenters. The summed E-state index contributed by atoms with van der Waals surface area (Å²) in [5, 5.41) is 0. The molecular weight excluding hydrogens is 2090 g/mol. The van der Waals surface area contributed by atoms with Gasteiger partial charge >= 0.3 is 223 Å². The number of hydrogen-bond acceptors (Lipinski definition) is 2. The Morgan fingerprint density at radius 3 is 0.489 bits per heavy atom. The van der Waals surface area contributed by atoms with Crippen LogP contribution >= 0.6 is 177 Å². The van der Waals surface area contributed by atoms with E-state index in [2.05, 4.69) is 231 Å². The molecule has 0 atom stereocenters. The Balaban J connectivity index is 0.00000123. The summed E-state index contributed by atoms with van der Waals surface area (Å²) < 4.78 is 11.3. The molecule has 0 N–H and O–H groups in total. The van der Waals surface area contributed by atoms with Crippen LogP contribution in [0.15, 0.2) is 243 Å². The molecule has 0 saturated carbocycles. The molecule has 0 aliphatic carbocycles. The molecule has 0 heterocycles. The summed E-state index contributed by atoms with van der Waals surface area (Å²) in [5.41, 5.74) is 13.7. The predicted molar refractivity (Wildman–Crippen MR) is 393 cm³/mol. The normalized spacial score (nSPS) is 12.5. The molecule has 2 nitrogen and oxygen atoms in total. The van der Waals surface area contributed by atoms with E-state index in [9.17, 15) is 0 Å². The SMILES string of the molecule is COc1cccc([C+](c2ccccc2)c2ccc([C+](c3ccc([C+](c4ccccc4)c4ccccc4)cc3)c3ccc([C+](c4ccccc4)c4cccc(OC)c4)cc3)cc2)c1.[Cl-].[Cl-].[Cl-].[Cl-].[Cl][Sb]([Cl])([Cl])([Cl])[Cl].[Cl][Sb]([Cl])([Cl])([Cl])[Cl].[Cl][Sb]([Cl])([Cl])([Cl])[Cl].[Cl][Sb]([Cl])([Cl])([Cl])[Cl]. The zero-order valence-electron chi connectivity index (χ0n) is 45.8. The molecule has 9 aromatic carbocycles. The number of benzene rings is 9. The van der Waals surface area contributed by atoms with Crippen molar-refractivity contribution in [3.05, 3.63) is 333 Å². The van der Waals surface area contributed by atoms with Gasteiger partial charge in [-0.1, -0.05) is 24.3 Å². The van der Waals surface area contributed by atoms with Crippen LogP contribution in [0.25, 0.3) is 0 Å². The van der Waals surface area contributed by atoms with Gasteiger partial charge in [-0.2, -0.15) is 0 Å². The average Bonchev–Trinajstić information content (AvgIpc) is 1.00. The number of rotatable bonds is 14. The molecule has 0 aromatic heterocycles. The van der Waals surface area contributed by atoms with E-state index < -0.39 is 46.8 Å². The first kappa shape index (κ1) is 90.3. The maximum absolute atomic E-state index is 5.66. The molecule has 30 heteroatoms. The van der Waals surface area contributed by atoms with Crippen LogP contribution < -0.4 is 59.1 Å². The second-order valence-corrected chi connectivity index (χ2v) is 169. The molecule has 0 aliphatic rings. The molecule has 0 amide bonds. The summed E-state index contributed by atoms with van der Waals surface area (Å²) in [5.74, 6) is 6.32. The van der Waals surface area contributed by atoms with Crippen molar-refractivity contribution < 1.29 is 59.1 Å². The third-order valence-corrected chi connectivity index (χ3v) is 11.4. The van der Waals surface area contributed by atoms with Crippen LogP contribution in [-0.4, -0.2) is 61.0 Å². The molecule has 0 aliphatic heterocycles. The van der Waals surface area contributed by atoms with Gasteiger partial charge in [0.25, 0.3) is 0 Å². The Hall–Kier alpha value is 2.29. The zero-order valence-corrected chi connectivity index (χ0v) is 74.1. The quantitative estimate of drug-likeness (QED) is 0.0614. The van der Waals surface area contributed by atoms with Crippen molar-refractivity contribution in [2.75, 3.05) is 14.2 Å². The van der Waals surface area contributed by atoms with E-state index in [0.717, 1.165) is 84.9 Å². The van der Waals surface area contributed by atoms with Gasteiger partial charge in [0.05, 0.1) is 105 Å². The van der Waals surface area contributed by atoms with Gasteiger partial charge in [0.2, 0.25) is 0 Å². The Morgan fingerprint density at radius 1 is 0.200 bits per heavy atom. The van der Waals surface area contributed by atoms with Crippen LogP contribution in [0.3, 0.4) is 0 Å². The Kier molecular flexibility index (Phi) is 39.0. The Labute approximate surface area is 630 Å². The van der Waals surface area contributed by atoms with Gasteiger partial charge < -0.3 is 59.1 Å². The standard InChI is InChI=1S/C60H46O2.24ClH.4Sb/c1-61-55-27-15-25-53(41-55)59(45-21-11-5-12-22-45)51-37-33-49(34-38-51)58(48-31-29-47(30-32-48)57(43-17-7-3-8-18-43)44-19-9-4-10-20-44)50-35-39-52(40-36-50)60(46-23-13-6-14-24-46)54-26-16-28-56(42-54)62-2;;;;;;;;;;;;;;;;;;;;;;;;;;;;/h3-42H,1-2H3;24*1H;;;;/q+4;;;;;;;;;;;;;;;;;;;;;;;;;4*+5/p-24. The van der Waals surface area contributed by atoms with Crippen molar-refractivity contribution >= 4 is 223 Å². The molecule has 90 heavy (non-hydrogen) atoms. The van der Waals surface area contributed by atoms with Crippen LogP contribution in [0.5, 0.6) is 11.5 Å². The Morgan fingerprint density at radius 2 is 0.333 bits per heavy atom. The number of hydrogen-bond donors (Lipinski definition) is 0. The number of methoxy groups -OCH3 is 2. The van der Waals surface area contributed by atoms with Crippen molar-refractivity contribution in [3.63, 3.8) is 0 Å². The second-order valence-electron chi connectivity index (χ2n) is 17.7. The molecule has 9 aromatic rings. The van der Waals surface area contributed by atoms with E-state index in [1.54, 1.807) is 14.2 Å². The monoisotopic (exact) mass is 2120 g/mol. The van der Waals surface area contributed by atoms with E-state index in [0.29, 0.717) is 0 Å². The van der Waals surface area contributed by atoms with E-state index in [1.165, 1.54) is 17.0 Å².